The van der Waals surface area contributed by atoms with E-state index < -0.39 is 0 Å². The highest BCUT2D eigenvalue weighted by molar-refractivity contribution is 5.02. The van der Waals surface area contributed by atoms with Crippen LogP contribution in [0.25, 0.3) is 0 Å². The van der Waals surface area contributed by atoms with Crippen LogP contribution in [0.1, 0.15) is 5.56 Å². The van der Waals surface area contributed by atoms with Crippen molar-refractivity contribution in [2.75, 3.05) is 0 Å². The second kappa shape index (κ2) is 6.56. The lowest BCUT2D eigenvalue weighted by Gasteiger charge is -1.87. The molecule has 6 heteroatoms. The maximum absolute atomic E-state index is 8.47. The number of hydrogen-bond acceptors (Lipinski definition) is 5. The van der Waals surface area contributed by atoms with E-state index in [-0.39, 0.29) is 6.61 Å². The molecule has 0 unspecified atom stereocenters. The Kier molecular flexibility index (Phi) is 5.63. The second-order valence-electron chi connectivity index (χ2n) is 1.48. The molecule has 0 saturated heterocycles. The Hall–Kier alpha value is -1.56. The van der Waals surface area contributed by atoms with E-state index in [9.17, 15) is 0 Å². The van der Waals surface area contributed by atoms with Crippen molar-refractivity contribution in [2.24, 2.45) is 0 Å². The molecule has 0 atom stereocenters. The SMILES string of the molecule is O=[O+][O-].OCc1ccnnc1. The number of aliphatic hydroxyl groups is 1. The molecule has 0 aliphatic heterocycles. The van der Waals surface area contributed by atoms with Gasteiger partial charge < -0.3 is 5.11 Å². The Morgan fingerprint density at radius 3 is 2.55 bits per heavy atom. The Bertz CT molecular complexity index is 191. The third kappa shape index (κ3) is 4.91. The van der Waals surface area contributed by atoms with Crippen molar-refractivity contribution in [3.63, 3.8) is 0 Å². The zero-order valence-corrected chi connectivity index (χ0v) is 5.51. The molecule has 1 aromatic heterocycles. The minimum atomic E-state index is 0.0372. The van der Waals surface area contributed by atoms with Crippen LogP contribution in [0.3, 0.4) is 0 Å². The third-order valence-corrected chi connectivity index (χ3v) is 0.828. The summed E-state index contributed by atoms with van der Waals surface area (Å²) >= 11 is 0. The fourth-order valence-corrected chi connectivity index (χ4v) is 0.412. The highest BCUT2D eigenvalue weighted by atomic mass is 17.2. The Morgan fingerprint density at radius 1 is 1.64 bits per heavy atom. The first-order valence-corrected chi connectivity index (χ1v) is 2.63. The molecule has 1 N–H and O–H groups in total. The predicted octanol–water partition coefficient (Wildman–Crippen LogP) is -1.15. The van der Waals surface area contributed by atoms with Gasteiger partial charge in [0.05, 0.1) is 12.8 Å². The summed E-state index contributed by atoms with van der Waals surface area (Å²) in [6, 6.07) is 1.72. The lowest BCUT2D eigenvalue weighted by molar-refractivity contribution is -0.284. The van der Waals surface area contributed by atoms with Crippen LogP contribution >= 0.6 is 0 Å². The summed E-state index contributed by atoms with van der Waals surface area (Å²) in [6.07, 6.45) is 3.07. The van der Waals surface area contributed by atoms with Gasteiger partial charge in [-0.15, -0.1) is 0 Å². The van der Waals surface area contributed by atoms with E-state index in [0.717, 1.165) is 5.56 Å². The third-order valence-electron chi connectivity index (χ3n) is 0.828. The van der Waals surface area contributed by atoms with Crippen LogP contribution in [0.5, 0.6) is 0 Å². The van der Waals surface area contributed by atoms with E-state index in [1.165, 1.54) is 6.20 Å². The van der Waals surface area contributed by atoms with Crippen molar-refractivity contribution in [3.05, 3.63) is 33.7 Å². The molecule has 1 rings (SSSR count). The lowest BCUT2D eigenvalue weighted by atomic mass is 10.3. The van der Waals surface area contributed by atoms with E-state index in [1.54, 1.807) is 17.0 Å². The number of hydrogen-bond donors (Lipinski definition) is 1. The average molecular weight is 158 g/mol. The summed E-state index contributed by atoms with van der Waals surface area (Å²) in [5, 5.41) is 23.4. The zero-order chi connectivity index (χ0) is 8.53. The molecule has 11 heavy (non-hydrogen) atoms. The first-order valence-electron chi connectivity index (χ1n) is 2.63. The smallest absolute Gasteiger partial charge is 0.154 e. The van der Waals surface area contributed by atoms with Gasteiger partial charge in [-0.1, -0.05) is 10.2 Å². The molecule has 0 spiro atoms. The average Bonchev–Trinajstić information content (AvgIpc) is 2.08. The van der Waals surface area contributed by atoms with Crippen LogP contribution in [-0.4, -0.2) is 15.3 Å². The molecule has 0 aliphatic carbocycles. The zero-order valence-electron chi connectivity index (χ0n) is 5.51. The maximum Gasteiger partial charge on any atom is 0.154 e. The molecule has 0 saturated carbocycles. The standard InChI is InChI=1S/C5H6N2O.O3/c8-4-5-1-2-6-7-3-5;1-3-2/h1-3,8H,4H2;. The fraction of sp³-hybridized carbons (Fsp3) is 0.200. The van der Waals surface area contributed by atoms with Crippen molar-refractivity contribution < 1.29 is 10.4 Å². The van der Waals surface area contributed by atoms with Gasteiger partial charge in [-0.25, -0.2) is 0 Å². The lowest BCUT2D eigenvalue weighted by Crippen LogP contribution is -1.84. The van der Waals surface area contributed by atoms with Crippen molar-refractivity contribution in [1.82, 2.24) is 10.2 Å². The van der Waals surface area contributed by atoms with Crippen LogP contribution < -0.4 is 5.26 Å². The normalized spacial score (nSPS) is 7.73. The number of nitrogens with zero attached hydrogens (tertiary/aromatic N) is 2. The van der Waals surface area contributed by atoms with Gasteiger partial charge in [-0.05, 0) is 11.6 Å². The monoisotopic (exact) mass is 158 g/mol. The van der Waals surface area contributed by atoms with Gasteiger partial charge in [0.2, 0.25) is 0 Å². The first-order chi connectivity index (χ1) is 5.35. The summed E-state index contributed by atoms with van der Waals surface area (Å²) in [6.45, 7) is 0.0372. The van der Waals surface area contributed by atoms with E-state index >= 15 is 0 Å². The van der Waals surface area contributed by atoms with Crippen molar-refractivity contribution in [3.8, 4) is 0 Å². The first kappa shape index (κ1) is 9.44. The Labute approximate surface area is 62.0 Å². The Balaban J connectivity index is 0.000000292. The molecule has 1 heterocycles. The van der Waals surface area contributed by atoms with Crippen LogP contribution in [0.4, 0.5) is 0 Å². The van der Waals surface area contributed by atoms with E-state index in [2.05, 4.69) is 10.2 Å². The molecular weight excluding hydrogens is 152 g/mol. The molecule has 60 valence electrons. The van der Waals surface area contributed by atoms with Crippen molar-refractivity contribution >= 4 is 0 Å². The van der Waals surface area contributed by atoms with Gasteiger partial charge in [0.15, 0.2) is 4.75 Å². The number of rotatable bonds is 1. The largest absolute Gasteiger partial charge is 0.392 e. The number of aliphatic hydroxyl groups excluding tert-OH is 1. The summed E-state index contributed by atoms with van der Waals surface area (Å²) in [5.74, 6) is 0. The maximum atomic E-state index is 8.47. The fourth-order valence-electron chi connectivity index (χ4n) is 0.412. The molecule has 6 nitrogen and oxygen atoms in total. The highest BCUT2D eigenvalue weighted by Gasteiger charge is 1.83. The molecular formula is C5H6N2O4. The summed E-state index contributed by atoms with van der Waals surface area (Å²) in [5.41, 5.74) is 0.792. The minimum absolute atomic E-state index is 0.0372. The summed E-state index contributed by atoms with van der Waals surface area (Å²) in [4.78, 5) is 7.88. The molecule has 1 aromatic rings. The highest BCUT2D eigenvalue weighted by Crippen LogP contribution is 1.89. The predicted molar refractivity (Wildman–Crippen MR) is 34.7 cm³/mol. The molecule has 0 fully saturated rings. The summed E-state index contributed by atoms with van der Waals surface area (Å²) < 4.78 is 1.75. The van der Waals surface area contributed by atoms with Crippen molar-refractivity contribution in [1.29, 1.82) is 0 Å². The molecule has 0 aliphatic rings. The van der Waals surface area contributed by atoms with Gasteiger partial charge in [0.25, 0.3) is 0 Å². The second-order valence-corrected chi connectivity index (χ2v) is 1.48. The van der Waals surface area contributed by atoms with Crippen LogP contribution in [0, 0.1) is 9.71 Å². The van der Waals surface area contributed by atoms with Crippen LogP contribution in [0.15, 0.2) is 18.5 Å². The van der Waals surface area contributed by atoms with Gasteiger partial charge in [-0.3, -0.25) is 0 Å². The van der Waals surface area contributed by atoms with E-state index in [4.69, 9.17) is 15.3 Å². The molecule has 0 aromatic carbocycles. The quantitative estimate of drug-likeness (QED) is 0.316. The van der Waals surface area contributed by atoms with Crippen LogP contribution in [0.2, 0.25) is 0 Å². The summed E-state index contributed by atoms with van der Waals surface area (Å²) in [7, 11) is 0. The minimum Gasteiger partial charge on any atom is -0.392 e. The molecule has 0 bridgehead atoms. The topological polar surface area (TPSA) is 97.4 Å². The van der Waals surface area contributed by atoms with E-state index in [1.807, 2.05) is 0 Å². The van der Waals surface area contributed by atoms with Crippen molar-refractivity contribution in [2.45, 2.75) is 6.61 Å². The van der Waals surface area contributed by atoms with Crippen LogP contribution in [-0.2, 0) is 6.61 Å². The molecule has 0 amide bonds. The molecule has 0 radical (unpaired) electrons. The van der Waals surface area contributed by atoms with Gasteiger partial charge in [0, 0.05) is 6.20 Å². The van der Waals surface area contributed by atoms with Gasteiger partial charge >= 0.3 is 0 Å². The number of aromatic nitrogens is 2. The van der Waals surface area contributed by atoms with Gasteiger partial charge in [0.1, 0.15) is 0 Å². The van der Waals surface area contributed by atoms with Gasteiger partial charge in [-0.2, -0.15) is 10.2 Å². The Morgan fingerprint density at radius 2 is 2.27 bits per heavy atom. The van der Waals surface area contributed by atoms with E-state index in [0.29, 0.717) is 0 Å².